The van der Waals surface area contributed by atoms with Gasteiger partial charge in [-0.3, -0.25) is 0 Å². The molecule has 0 nitrogen and oxygen atoms in total. The zero-order valence-corrected chi connectivity index (χ0v) is 14.4. The Kier molecular flexibility index (Phi) is 279. The van der Waals surface area contributed by atoms with Crippen LogP contribution in [-0.2, 0) is 0 Å². The summed E-state index contributed by atoms with van der Waals surface area (Å²) >= 11 is 0. The Bertz CT molecular complexity index is 29.0. The molecule has 0 saturated carbocycles. The Morgan fingerprint density at radius 2 is 0.750 bits per heavy atom. The zero-order valence-electron chi connectivity index (χ0n) is 14.4. The van der Waals surface area contributed by atoms with E-state index in [2.05, 4.69) is 47.8 Å². The van der Waals surface area contributed by atoms with E-state index in [-0.39, 0.29) is 0 Å². The van der Waals surface area contributed by atoms with E-state index in [9.17, 15) is 0 Å². The maximum atomic E-state index is 3.00. The molecule has 0 amide bonds. The summed E-state index contributed by atoms with van der Waals surface area (Å²) in [6.45, 7) is 28.9. The third kappa shape index (κ3) is 737. The van der Waals surface area contributed by atoms with Gasteiger partial charge in [0.05, 0.1) is 0 Å². The molecule has 0 fully saturated rings. The van der Waals surface area contributed by atoms with Gasteiger partial charge in [-0.2, -0.15) is 0 Å². The van der Waals surface area contributed by atoms with Gasteiger partial charge in [0.1, 0.15) is 0 Å². The molecule has 0 aliphatic carbocycles. The van der Waals surface area contributed by atoms with E-state index in [1.807, 2.05) is 41.5 Å². The molecule has 0 aliphatic rings. The second kappa shape index (κ2) is 124. The lowest BCUT2D eigenvalue weighted by Gasteiger charge is -1.90. The minimum atomic E-state index is 0.884. The van der Waals surface area contributed by atoms with Crippen molar-refractivity contribution < 1.29 is 0 Å². The molecule has 0 saturated heterocycles. The highest BCUT2D eigenvalue weighted by Crippen LogP contribution is 1.93. The van der Waals surface area contributed by atoms with E-state index >= 15 is 0 Å². The molecule has 0 N–H and O–H groups in total. The highest BCUT2D eigenvalue weighted by atomic mass is 13.9. The topological polar surface area (TPSA) is 0 Å². The van der Waals surface area contributed by atoms with Crippen LogP contribution in [0.15, 0.2) is 13.2 Å². The third-order valence-corrected chi connectivity index (χ3v) is 0.816. The fourth-order valence-corrected chi connectivity index (χ4v) is 0. The van der Waals surface area contributed by atoms with Crippen molar-refractivity contribution in [1.29, 1.82) is 0 Å². The monoisotopic (exact) mass is 234 g/mol. The molecule has 0 heteroatoms. The molecule has 0 atom stereocenters. The molecule has 0 heterocycles. The molecular formula is C16H42. The normalized spacial score (nSPS) is 5.50. The highest BCUT2D eigenvalue weighted by molar-refractivity contribution is 4.32. The van der Waals surface area contributed by atoms with Crippen LogP contribution in [0.4, 0.5) is 0 Å². The van der Waals surface area contributed by atoms with Gasteiger partial charge in [0.2, 0.25) is 0 Å². The van der Waals surface area contributed by atoms with Gasteiger partial charge in [0, 0.05) is 0 Å². The average molecular weight is 235 g/mol. The predicted octanol–water partition coefficient (Wildman–Crippen LogP) is 7.35. The van der Waals surface area contributed by atoms with Crippen molar-refractivity contribution >= 4 is 0 Å². The summed E-state index contributed by atoms with van der Waals surface area (Å²) in [6.07, 6.45) is 2.56. The summed E-state index contributed by atoms with van der Waals surface area (Å²) in [4.78, 5) is 0. The van der Waals surface area contributed by atoms with Crippen molar-refractivity contribution in [2.75, 3.05) is 0 Å². The van der Waals surface area contributed by atoms with Gasteiger partial charge >= 0.3 is 0 Å². The van der Waals surface area contributed by atoms with Crippen LogP contribution >= 0.6 is 0 Å². The van der Waals surface area contributed by atoms with Crippen molar-refractivity contribution in [2.24, 2.45) is 5.92 Å². The van der Waals surface area contributed by atoms with E-state index in [1.165, 1.54) is 12.8 Å². The van der Waals surface area contributed by atoms with Gasteiger partial charge in [-0.15, -0.1) is 13.2 Å². The molecule has 0 rings (SSSR count). The lowest BCUT2D eigenvalue weighted by molar-refractivity contribution is 0.626. The summed E-state index contributed by atoms with van der Waals surface area (Å²) in [6, 6.07) is 0. The molecule has 0 bridgehead atoms. The second-order valence-electron chi connectivity index (χ2n) is 2.51. The van der Waals surface area contributed by atoms with Gasteiger partial charge in [0.15, 0.2) is 0 Å². The minimum absolute atomic E-state index is 0.884. The zero-order chi connectivity index (χ0) is 15.0. The maximum Gasteiger partial charge on any atom is -0.0474 e. The van der Waals surface area contributed by atoms with Crippen LogP contribution < -0.4 is 0 Å². The summed E-state index contributed by atoms with van der Waals surface area (Å²) < 4.78 is 0. The van der Waals surface area contributed by atoms with E-state index < -0.39 is 0 Å². The Morgan fingerprint density at radius 1 is 0.688 bits per heavy atom. The quantitative estimate of drug-likeness (QED) is 0.416. The fourth-order valence-electron chi connectivity index (χ4n) is 0. The highest BCUT2D eigenvalue weighted by Gasteiger charge is 1.80. The first kappa shape index (κ1) is 36.0. The predicted molar refractivity (Wildman–Crippen MR) is 86.4 cm³/mol. The third-order valence-electron chi connectivity index (χ3n) is 0.816. The molecule has 0 unspecified atom stereocenters. The Morgan fingerprint density at radius 3 is 0.750 bits per heavy atom. The van der Waals surface area contributed by atoms with Crippen LogP contribution in [0.25, 0.3) is 0 Å². The molecule has 0 aromatic carbocycles. The van der Waals surface area contributed by atoms with Gasteiger partial charge in [0.25, 0.3) is 0 Å². The molecule has 0 aromatic rings. The first-order valence-electron chi connectivity index (χ1n) is 7.18. The van der Waals surface area contributed by atoms with Crippen molar-refractivity contribution in [3.05, 3.63) is 13.2 Å². The van der Waals surface area contributed by atoms with Crippen molar-refractivity contribution in [3.63, 3.8) is 0 Å². The standard InChI is InChI=1S/C5H12.C3H8.3C2H6.C2H4/c1-4-5(2)3;1-3-2;4*1-2/h5H,4H2,1-3H3;3H2,1-2H3;3*1-2H3;1-2H2. The smallest absolute Gasteiger partial charge is 0.0474 e. The summed E-state index contributed by atoms with van der Waals surface area (Å²) in [5, 5.41) is 0. The van der Waals surface area contributed by atoms with Gasteiger partial charge < -0.3 is 0 Å². The van der Waals surface area contributed by atoms with Crippen LogP contribution in [0.5, 0.6) is 0 Å². The van der Waals surface area contributed by atoms with Crippen molar-refractivity contribution in [2.45, 2.75) is 89.0 Å². The Labute approximate surface area is 109 Å². The molecular weight excluding hydrogens is 192 g/mol. The molecule has 0 aromatic heterocycles. The lowest BCUT2D eigenvalue weighted by Crippen LogP contribution is -1.77. The van der Waals surface area contributed by atoms with Crippen molar-refractivity contribution in [3.8, 4) is 0 Å². The maximum absolute atomic E-state index is 3.00. The summed E-state index contributed by atoms with van der Waals surface area (Å²) in [7, 11) is 0. The minimum Gasteiger partial charge on any atom is -0.106 e. The molecule has 106 valence electrons. The van der Waals surface area contributed by atoms with Crippen LogP contribution in [0, 0.1) is 5.92 Å². The van der Waals surface area contributed by atoms with Gasteiger partial charge in [-0.05, 0) is 5.92 Å². The number of hydrogen-bond donors (Lipinski definition) is 0. The fraction of sp³-hybridized carbons (Fsp3) is 0.875. The van der Waals surface area contributed by atoms with Crippen molar-refractivity contribution in [1.82, 2.24) is 0 Å². The first-order valence-corrected chi connectivity index (χ1v) is 7.18. The van der Waals surface area contributed by atoms with Crippen LogP contribution in [-0.4, -0.2) is 0 Å². The van der Waals surface area contributed by atoms with Crippen LogP contribution in [0.3, 0.4) is 0 Å². The summed E-state index contributed by atoms with van der Waals surface area (Å²) in [5.41, 5.74) is 0. The largest absolute Gasteiger partial charge is 0.106 e. The van der Waals surface area contributed by atoms with E-state index in [0.717, 1.165) is 5.92 Å². The second-order valence-corrected chi connectivity index (χ2v) is 2.51. The van der Waals surface area contributed by atoms with E-state index in [0.29, 0.717) is 0 Å². The Balaban J connectivity index is -0.0000000201. The molecule has 0 radical (unpaired) electrons. The van der Waals surface area contributed by atoms with Gasteiger partial charge in [-0.25, -0.2) is 0 Å². The first-order chi connectivity index (χ1) is 7.68. The van der Waals surface area contributed by atoms with Crippen LogP contribution in [0.2, 0.25) is 0 Å². The van der Waals surface area contributed by atoms with E-state index in [4.69, 9.17) is 0 Å². The van der Waals surface area contributed by atoms with Crippen LogP contribution in [0.1, 0.15) is 89.0 Å². The number of rotatable bonds is 1. The average Bonchev–Trinajstić information content (AvgIpc) is 2.40. The SMILES string of the molecule is C=C.CC.CC.CC.CCC.CCC(C)C. The number of hydrogen-bond acceptors (Lipinski definition) is 0. The van der Waals surface area contributed by atoms with E-state index in [1.54, 1.807) is 0 Å². The summed E-state index contributed by atoms with van der Waals surface area (Å²) in [5.74, 6) is 0.884. The molecule has 16 heavy (non-hydrogen) atoms. The lowest BCUT2D eigenvalue weighted by atomic mass is 10.2. The molecule has 0 aliphatic heterocycles. The molecule has 0 spiro atoms. The van der Waals surface area contributed by atoms with Gasteiger partial charge in [-0.1, -0.05) is 89.0 Å². The Hall–Kier alpha value is -0.260.